The topological polar surface area (TPSA) is 146 Å². The maximum Gasteiger partial charge on any atom is 0.335 e. The second-order valence-corrected chi connectivity index (χ2v) is 10.6. The number of nitrogens with one attached hydrogen (secondary N) is 1. The molecule has 0 fully saturated rings. The molecule has 5 N–H and O–H groups in total. The third-order valence-corrected chi connectivity index (χ3v) is 6.65. The predicted molar refractivity (Wildman–Crippen MR) is 133 cm³/mol. The molecule has 0 spiro atoms. The summed E-state index contributed by atoms with van der Waals surface area (Å²) in [4.78, 5) is 19.8. The van der Waals surface area contributed by atoms with Crippen molar-refractivity contribution < 1.29 is 28.8 Å². The Kier molecular flexibility index (Phi) is 8.08. The number of anilines is 1. The van der Waals surface area contributed by atoms with Gasteiger partial charge in [-0.15, -0.1) is 0 Å². The fourth-order valence-electron chi connectivity index (χ4n) is 3.80. The molecule has 0 radical (unpaired) electrons. The third kappa shape index (κ3) is 6.77. The average Bonchev–Trinajstić information content (AvgIpc) is 2.77. The fourth-order valence-corrected chi connectivity index (χ4v) is 4.79. The van der Waals surface area contributed by atoms with E-state index in [1.165, 1.54) is 18.2 Å². The number of hydrogen-bond acceptors (Lipinski definition) is 6. The number of carbonyl (C=O) groups is 1. The smallest absolute Gasteiger partial charge is 0.335 e. The SMILES string of the molecule is Cc1cccc(C)c1-c1cc(OC[C@H]([NH3+])CC(C)C)nc(NS(=O)(=O)c2cccc(C(=O)O)c2)n1. The first-order chi connectivity index (χ1) is 16.5. The monoisotopic (exact) mass is 499 g/mol. The second kappa shape index (κ2) is 10.8. The molecule has 0 bridgehead atoms. The molecule has 2 aromatic carbocycles. The predicted octanol–water partition coefficient (Wildman–Crippen LogP) is 3.29. The number of aromatic nitrogens is 2. The largest absolute Gasteiger partial charge is 0.478 e. The van der Waals surface area contributed by atoms with Gasteiger partial charge >= 0.3 is 5.97 Å². The van der Waals surface area contributed by atoms with Crippen LogP contribution in [-0.2, 0) is 10.0 Å². The molecule has 186 valence electrons. The van der Waals surface area contributed by atoms with Crippen LogP contribution in [0.1, 0.15) is 41.8 Å². The lowest BCUT2D eigenvalue weighted by molar-refractivity contribution is -0.426. The molecule has 0 aliphatic carbocycles. The number of sulfonamides is 1. The lowest BCUT2D eigenvalue weighted by Crippen LogP contribution is -2.64. The maximum atomic E-state index is 13.0. The van der Waals surface area contributed by atoms with Crippen molar-refractivity contribution in [1.29, 1.82) is 0 Å². The highest BCUT2D eigenvalue weighted by Gasteiger charge is 2.20. The first-order valence-electron chi connectivity index (χ1n) is 11.2. The zero-order valence-corrected chi connectivity index (χ0v) is 21.1. The molecule has 0 unspecified atom stereocenters. The Hall–Kier alpha value is -3.50. The number of hydrogen-bond donors (Lipinski definition) is 3. The van der Waals surface area contributed by atoms with Crippen LogP contribution in [0.2, 0.25) is 0 Å². The van der Waals surface area contributed by atoms with Gasteiger partial charge in [-0.1, -0.05) is 38.1 Å². The van der Waals surface area contributed by atoms with Gasteiger partial charge in [0.15, 0.2) is 0 Å². The quantitative estimate of drug-likeness (QED) is 0.388. The lowest BCUT2D eigenvalue weighted by atomic mass is 10.00. The molecular weight excluding hydrogens is 468 g/mol. The molecule has 1 heterocycles. The van der Waals surface area contributed by atoms with Gasteiger partial charge in [-0.2, -0.15) is 4.98 Å². The van der Waals surface area contributed by atoms with E-state index in [0.717, 1.165) is 29.2 Å². The van der Waals surface area contributed by atoms with Crippen LogP contribution in [0.3, 0.4) is 0 Å². The summed E-state index contributed by atoms with van der Waals surface area (Å²) in [7, 11) is -4.16. The fraction of sp³-hybridized carbons (Fsp3) is 0.320. The van der Waals surface area contributed by atoms with E-state index in [1.807, 2.05) is 32.0 Å². The molecule has 0 saturated carbocycles. The van der Waals surface area contributed by atoms with Gasteiger partial charge in [0.2, 0.25) is 11.8 Å². The summed E-state index contributed by atoms with van der Waals surface area (Å²) in [5.74, 6) is -0.729. The van der Waals surface area contributed by atoms with Crippen LogP contribution in [0.15, 0.2) is 53.4 Å². The molecule has 35 heavy (non-hydrogen) atoms. The number of rotatable bonds is 10. The highest BCUT2D eigenvalue weighted by Crippen LogP contribution is 2.29. The minimum absolute atomic E-state index is 0.0347. The summed E-state index contributed by atoms with van der Waals surface area (Å²) in [6.07, 6.45) is 0.869. The van der Waals surface area contributed by atoms with E-state index in [2.05, 4.69) is 34.3 Å². The first kappa shape index (κ1) is 26.1. The summed E-state index contributed by atoms with van der Waals surface area (Å²) in [6.45, 7) is 8.41. The molecule has 9 nitrogen and oxygen atoms in total. The molecule has 0 amide bonds. The van der Waals surface area contributed by atoms with Gasteiger partial charge in [-0.05, 0) is 49.1 Å². The minimum Gasteiger partial charge on any atom is -0.478 e. The molecule has 0 aliphatic heterocycles. The first-order valence-corrected chi connectivity index (χ1v) is 12.7. The standard InChI is InChI=1S/C25H30N4O5S/c1-15(2)11-19(26)14-34-22-13-21(23-16(3)7-5-8-17(23)4)27-25(28-22)29-35(32,33)20-10-6-9-18(12-20)24(30)31/h5-10,12-13,15,19H,11,14,26H2,1-4H3,(H,30,31)(H,27,28,29)/p+1/t19-/m1/s1. The zero-order valence-electron chi connectivity index (χ0n) is 20.3. The van der Waals surface area contributed by atoms with Crippen LogP contribution in [0.4, 0.5) is 5.95 Å². The molecule has 1 atom stereocenters. The van der Waals surface area contributed by atoms with Gasteiger partial charge in [0, 0.05) is 18.1 Å². The van der Waals surface area contributed by atoms with Gasteiger partial charge in [0.1, 0.15) is 12.6 Å². The Labute approximate surface area is 205 Å². The molecule has 0 aliphatic rings. The molecule has 3 rings (SSSR count). The van der Waals surface area contributed by atoms with E-state index in [9.17, 15) is 18.3 Å². The molecule has 3 aromatic rings. The van der Waals surface area contributed by atoms with Crippen molar-refractivity contribution >= 4 is 21.9 Å². The van der Waals surface area contributed by atoms with Crippen molar-refractivity contribution in [2.24, 2.45) is 5.92 Å². The van der Waals surface area contributed by atoms with E-state index >= 15 is 0 Å². The van der Waals surface area contributed by atoms with Gasteiger partial charge in [-0.3, -0.25) is 0 Å². The molecule has 0 saturated heterocycles. The van der Waals surface area contributed by atoms with Gasteiger partial charge in [-0.25, -0.2) is 22.9 Å². The lowest BCUT2D eigenvalue weighted by Gasteiger charge is -2.15. The van der Waals surface area contributed by atoms with Gasteiger partial charge in [0.05, 0.1) is 16.2 Å². The Balaban J connectivity index is 2.01. The maximum absolute atomic E-state index is 13.0. The van der Waals surface area contributed by atoms with Gasteiger partial charge < -0.3 is 15.6 Å². The van der Waals surface area contributed by atoms with Crippen LogP contribution in [0.5, 0.6) is 5.88 Å². The van der Waals surface area contributed by atoms with Crippen LogP contribution < -0.4 is 15.2 Å². The number of benzene rings is 2. The number of aryl methyl sites for hydroxylation is 2. The zero-order chi connectivity index (χ0) is 25.8. The van der Waals surface area contributed by atoms with Crippen molar-refractivity contribution in [2.45, 2.75) is 45.1 Å². The summed E-state index contributed by atoms with van der Waals surface area (Å²) < 4.78 is 34.3. The Morgan fingerprint density at radius 1 is 1.09 bits per heavy atom. The number of ether oxygens (including phenoxy) is 1. The molecule has 1 aromatic heterocycles. The Morgan fingerprint density at radius 2 is 1.74 bits per heavy atom. The number of carboxylic acids is 1. The Morgan fingerprint density at radius 3 is 2.37 bits per heavy atom. The van der Waals surface area contributed by atoms with Crippen LogP contribution >= 0.6 is 0 Å². The Bertz CT molecular complexity index is 1300. The van der Waals surface area contributed by atoms with Crippen LogP contribution in [0.25, 0.3) is 11.3 Å². The van der Waals surface area contributed by atoms with Crippen molar-refractivity contribution in [1.82, 2.24) is 9.97 Å². The van der Waals surface area contributed by atoms with Crippen LogP contribution in [0, 0.1) is 19.8 Å². The third-order valence-electron chi connectivity index (χ3n) is 5.33. The van der Waals surface area contributed by atoms with Gasteiger partial charge in [0.25, 0.3) is 10.0 Å². The van der Waals surface area contributed by atoms with Crippen molar-refractivity contribution in [3.05, 3.63) is 65.2 Å². The van der Waals surface area contributed by atoms with Crippen molar-refractivity contribution in [2.75, 3.05) is 11.3 Å². The van der Waals surface area contributed by atoms with Crippen LogP contribution in [-0.4, -0.2) is 42.1 Å². The summed E-state index contributed by atoms with van der Waals surface area (Å²) in [5.41, 5.74) is 7.26. The molecular formula is C25H31N4O5S+. The van der Waals surface area contributed by atoms with Crippen molar-refractivity contribution in [3.8, 4) is 17.1 Å². The van der Waals surface area contributed by atoms with E-state index in [1.54, 1.807) is 6.07 Å². The summed E-state index contributed by atoms with van der Waals surface area (Å²) in [6, 6.07) is 12.6. The number of aromatic carboxylic acids is 1. The van der Waals surface area contributed by atoms with Crippen molar-refractivity contribution in [3.63, 3.8) is 0 Å². The van der Waals surface area contributed by atoms with E-state index in [-0.39, 0.29) is 28.3 Å². The minimum atomic E-state index is -4.16. The number of carboxylic acid groups (broad SMARTS) is 1. The number of quaternary nitrogens is 1. The average molecular weight is 500 g/mol. The summed E-state index contributed by atoms with van der Waals surface area (Å²) in [5, 5.41) is 9.21. The molecule has 10 heteroatoms. The van der Waals surface area contributed by atoms with E-state index < -0.39 is 16.0 Å². The van der Waals surface area contributed by atoms with E-state index in [0.29, 0.717) is 18.2 Å². The highest BCUT2D eigenvalue weighted by molar-refractivity contribution is 7.92. The normalized spacial score (nSPS) is 12.4. The summed E-state index contributed by atoms with van der Waals surface area (Å²) >= 11 is 0. The highest BCUT2D eigenvalue weighted by atomic mass is 32.2. The second-order valence-electron chi connectivity index (χ2n) is 8.93. The van der Waals surface area contributed by atoms with E-state index in [4.69, 9.17) is 4.74 Å². The number of nitrogens with zero attached hydrogens (tertiary/aromatic N) is 2.